The maximum absolute atomic E-state index is 13.7. The van der Waals surface area contributed by atoms with Crippen LogP contribution in [0, 0.1) is 11.6 Å². The van der Waals surface area contributed by atoms with Gasteiger partial charge in [-0.15, -0.1) is 0 Å². The molecule has 0 radical (unpaired) electrons. The van der Waals surface area contributed by atoms with Gasteiger partial charge in [-0.3, -0.25) is 0 Å². The number of hydrogen-bond donors (Lipinski definition) is 2. The lowest BCUT2D eigenvalue weighted by atomic mass is 9.98. The van der Waals surface area contributed by atoms with Gasteiger partial charge in [0.25, 0.3) is 0 Å². The largest absolute Gasteiger partial charge is 0.508 e. The van der Waals surface area contributed by atoms with Gasteiger partial charge in [0.15, 0.2) is 0 Å². The zero-order valence-corrected chi connectivity index (χ0v) is 11.9. The number of aromatic hydroxyl groups is 1. The molecule has 0 amide bonds. The summed E-state index contributed by atoms with van der Waals surface area (Å²) >= 11 is 0. The van der Waals surface area contributed by atoms with E-state index in [9.17, 15) is 13.9 Å². The van der Waals surface area contributed by atoms with E-state index in [0.717, 1.165) is 18.2 Å². The Labute approximate surface area is 123 Å². The maximum atomic E-state index is 13.7. The molecule has 0 aliphatic carbocycles. The predicted molar refractivity (Wildman–Crippen MR) is 79.3 cm³/mol. The zero-order valence-electron chi connectivity index (χ0n) is 11.9. The van der Waals surface area contributed by atoms with Gasteiger partial charge in [0.1, 0.15) is 17.4 Å². The molecule has 0 aliphatic rings. The minimum absolute atomic E-state index is 0.0248. The second kappa shape index (κ2) is 7.18. The quantitative estimate of drug-likeness (QED) is 0.854. The first-order valence-electron chi connectivity index (χ1n) is 7.03. The molecule has 0 spiro atoms. The Morgan fingerprint density at radius 1 is 1.10 bits per heavy atom. The molecule has 2 aromatic rings. The minimum atomic E-state index is -0.566. The highest BCUT2D eigenvalue weighted by atomic mass is 19.1. The predicted octanol–water partition coefficient (Wildman–Crippen LogP) is 3.43. The van der Waals surface area contributed by atoms with Gasteiger partial charge in [0.2, 0.25) is 0 Å². The van der Waals surface area contributed by atoms with Crippen molar-refractivity contribution >= 4 is 0 Å². The summed E-state index contributed by atoms with van der Waals surface area (Å²) in [4.78, 5) is 0. The first kappa shape index (κ1) is 15.4. The Hall–Kier alpha value is -1.94. The number of phenols is 1. The number of nitrogens with one attached hydrogen (secondary N) is 1. The van der Waals surface area contributed by atoms with Gasteiger partial charge in [-0.05, 0) is 48.7 Å². The van der Waals surface area contributed by atoms with Crippen LogP contribution >= 0.6 is 0 Å². The Morgan fingerprint density at radius 3 is 2.57 bits per heavy atom. The van der Waals surface area contributed by atoms with Crippen LogP contribution in [0.3, 0.4) is 0 Å². The van der Waals surface area contributed by atoms with Gasteiger partial charge in [-0.25, -0.2) is 8.78 Å². The number of halogens is 2. The third-order valence-electron chi connectivity index (χ3n) is 3.37. The smallest absolute Gasteiger partial charge is 0.129 e. The summed E-state index contributed by atoms with van der Waals surface area (Å²) in [7, 11) is 0. The van der Waals surface area contributed by atoms with Crippen molar-refractivity contribution in [3.63, 3.8) is 0 Å². The summed E-state index contributed by atoms with van der Waals surface area (Å²) in [6.45, 7) is 2.74. The second-order valence-electron chi connectivity index (χ2n) is 5.07. The van der Waals surface area contributed by atoms with Crippen LogP contribution in [0.2, 0.25) is 0 Å². The zero-order chi connectivity index (χ0) is 15.2. The first-order chi connectivity index (χ1) is 10.1. The summed E-state index contributed by atoms with van der Waals surface area (Å²) in [5, 5.41) is 12.8. The molecule has 112 valence electrons. The number of hydrogen-bond acceptors (Lipinski definition) is 2. The SMILES string of the molecule is CCNC(Cc1cccc(O)c1)Cc1ccc(F)cc1F. The summed E-state index contributed by atoms with van der Waals surface area (Å²) < 4.78 is 26.7. The summed E-state index contributed by atoms with van der Waals surface area (Å²) in [5.41, 5.74) is 1.46. The average molecular weight is 291 g/mol. The third kappa shape index (κ3) is 4.53. The van der Waals surface area contributed by atoms with Crippen LogP contribution in [0.5, 0.6) is 5.75 Å². The monoisotopic (exact) mass is 291 g/mol. The fourth-order valence-electron chi connectivity index (χ4n) is 2.43. The average Bonchev–Trinajstić information content (AvgIpc) is 2.42. The van der Waals surface area contributed by atoms with Crippen LogP contribution in [0.4, 0.5) is 8.78 Å². The molecule has 0 bridgehead atoms. The van der Waals surface area contributed by atoms with Crippen molar-refractivity contribution < 1.29 is 13.9 Å². The van der Waals surface area contributed by atoms with Gasteiger partial charge in [0, 0.05) is 12.1 Å². The Kier molecular flexibility index (Phi) is 5.28. The van der Waals surface area contributed by atoms with E-state index in [1.165, 1.54) is 12.1 Å². The molecule has 0 fully saturated rings. The van der Waals surface area contributed by atoms with Crippen LogP contribution in [-0.4, -0.2) is 17.7 Å². The highest BCUT2D eigenvalue weighted by Crippen LogP contribution is 2.16. The van der Waals surface area contributed by atoms with Gasteiger partial charge < -0.3 is 10.4 Å². The van der Waals surface area contributed by atoms with Crippen LogP contribution in [0.1, 0.15) is 18.1 Å². The van der Waals surface area contributed by atoms with E-state index in [1.54, 1.807) is 18.2 Å². The minimum Gasteiger partial charge on any atom is -0.508 e. The first-order valence-corrected chi connectivity index (χ1v) is 7.03. The van der Waals surface area contributed by atoms with Gasteiger partial charge in [0.05, 0.1) is 0 Å². The highest BCUT2D eigenvalue weighted by Gasteiger charge is 2.13. The Bertz CT molecular complexity index is 601. The van der Waals surface area contributed by atoms with E-state index in [-0.39, 0.29) is 11.8 Å². The third-order valence-corrected chi connectivity index (χ3v) is 3.37. The van der Waals surface area contributed by atoms with Gasteiger partial charge in [-0.1, -0.05) is 25.1 Å². The Balaban J connectivity index is 2.11. The lowest BCUT2D eigenvalue weighted by Crippen LogP contribution is -2.33. The maximum Gasteiger partial charge on any atom is 0.129 e. The van der Waals surface area contributed by atoms with Crippen LogP contribution < -0.4 is 5.32 Å². The fraction of sp³-hybridized carbons (Fsp3) is 0.294. The molecule has 2 aromatic carbocycles. The fourth-order valence-corrected chi connectivity index (χ4v) is 2.43. The van der Waals surface area contributed by atoms with E-state index >= 15 is 0 Å². The number of likely N-dealkylation sites (N-methyl/N-ethyl adjacent to an activating group) is 1. The van der Waals surface area contributed by atoms with Crippen molar-refractivity contribution in [3.05, 3.63) is 65.2 Å². The van der Waals surface area contributed by atoms with E-state index in [2.05, 4.69) is 5.32 Å². The molecule has 21 heavy (non-hydrogen) atoms. The molecule has 0 aliphatic heterocycles. The van der Waals surface area contributed by atoms with Crippen molar-refractivity contribution in [2.24, 2.45) is 0 Å². The van der Waals surface area contributed by atoms with Crippen molar-refractivity contribution in [3.8, 4) is 5.75 Å². The van der Waals surface area contributed by atoms with Crippen LogP contribution in [0.15, 0.2) is 42.5 Å². The number of benzene rings is 2. The molecule has 1 atom stereocenters. The molecule has 0 saturated carbocycles. The number of phenolic OH excluding ortho intramolecular Hbond substituents is 1. The molecule has 2 nitrogen and oxygen atoms in total. The topological polar surface area (TPSA) is 32.3 Å². The van der Waals surface area contributed by atoms with Crippen molar-refractivity contribution in [2.75, 3.05) is 6.54 Å². The van der Waals surface area contributed by atoms with E-state index in [1.807, 2.05) is 13.0 Å². The molecular formula is C17H19F2NO. The molecule has 2 N–H and O–H groups in total. The van der Waals surface area contributed by atoms with Gasteiger partial charge in [-0.2, -0.15) is 0 Å². The second-order valence-corrected chi connectivity index (χ2v) is 5.07. The molecule has 0 aromatic heterocycles. The molecule has 4 heteroatoms. The van der Waals surface area contributed by atoms with Crippen LogP contribution in [-0.2, 0) is 12.8 Å². The molecule has 0 saturated heterocycles. The summed E-state index contributed by atoms with van der Waals surface area (Å²) in [6.07, 6.45) is 1.13. The lowest BCUT2D eigenvalue weighted by Gasteiger charge is -2.18. The van der Waals surface area contributed by atoms with E-state index in [0.29, 0.717) is 18.4 Å². The van der Waals surface area contributed by atoms with E-state index in [4.69, 9.17) is 0 Å². The number of rotatable bonds is 6. The summed E-state index contributed by atoms with van der Waals surface area (Å²) in [5.74, 6) is -0.867. The van der Waals surface area contributed by atoms with Crippen LogP contribution in [0.25, 0.3) is 0 Å². The Morgan fingerprint density at radius 2 is 1.90 bits per heavy atom. The standard InChI is InChI=1S/C17H19F2NO/c1-2-20-15(8-12-4-3-5-16(21)9-12)10-13-6-7-14(18)11-17(13)19/h3-7,9,11,15,20-21H,2,8,10H2,1H3. The van der Waals surface area contributed by atoms with Gasteiger partial charge >= 0.3 is 0 Å². The van der Waals surface area contributed by atoms with Crippen molar-refractivity contribution in [2.45, 2.75) is 25.8 Å². The highest BCUT2D eigenvalue weighted by molar-refractivity contribution is 5.28. The molecule has 2 rings (SSSR count). The molecular weight excluding hydrogens is 272 g/mol. The van der Waals surface area contributed by atoms with Crippen molar-refractivity contribution in [1.82, 2.24) is 5.32 Å². The molecule has 0 heterocycles. The lowest BCUT2D eigenvalue weighted by molar-refractivity contribution is 0.471. The summed E-state index contributed by atoms with van der Waals surface area (Å²) in [6, 6.07) is 10.7. The normalized spacial score (nSPS) is 12.3. The van der Waals surface area contributed by atoms with E-state index < -0.39 is 11.6 Å². The van der Waals surface area contributed by atoms with Crippen molar-refractivity contribution in [1.29, 1.82) is 0 Å². The molecule has 1 unspecified atom stereocenters.